The highest BCUT2D eigenvalue weighted by molar-refractivity contribution is 5.87. The van der Waals surface area contributed by atoms with E-state index in [4.69, 9.17) is 4.74 Å². The number of esters is 1. The number of aliphatic hydroxyl groups excluding tert-OH is 1. The fraction of sp³-hybridized carbons (Fsp3) is 0.182. The second kappa shape index (κ2) is 8.47. The molecule has 27 heavy (non-hydrogen) atoms. The molecule has 5 nitrogen and oxygen atoms in total. The summed E-state index contributed by atoms with van der Waals surface area (Å²) in [7, 11) is 0. The van der Waals surface area contributed by atoms with E-state index in [0.29, 0.717) is 5.56 Å². The van der Waals surface area contributed by atoms with E-state index >= 15 is 0 Å². The Hall–Kier alpha value is -3.18. The summed E-state index contributed by atoms with van der Waals surface area (Å²) in [4.78, 5) is 24.1. The lowest BCUT2D eigenvalue weighted by atomic mass is 10.00. The third-order valence-electron chi connectivity index (χ3n) is 4.35. The van der Waals surface area contributed by atoms with Crippen LogP contribution in [0.3, 0.4) is 0 Å². The van der Waals surface area contributed by atoms with E-state index in [-0.39, 0.29) is 6.04 Å². The standard InChI is InChI=1S/C22H21NO4/c1-15(18-13-7-11-16-8-5-6-12-19(16)18)23-20(24)14-27-22(26)21(25)17-9-3-2-4-10-17/h2-13,15,21,25H,14H2,1H3,(H,23,24)/t15-,21-/m0/s1. The molecule has 0 radical (unpaired) electrons. The first-order valence-corrected chi connectivity index (χ1v) is 8.73. The number of fused-ring (bicyclic) bond motifs is 1. The fourth-order valence-corrected chi connectivity index (χ4v) is 2.98. The van der Waals surface area contributed by atoms with Gasteiger partial charge in [-0.3, -0.25) is 4.79 Å². The smallest absolute Gasteiger partial charge is 0.340 e. The van der Waals surface area contributed by atoms with Crippen molar-refractivity contribution in [2.75, 3.05) is 6.61 Å². The molecule has 0 saturated carbocycles. The van der Waals surface area contributed by atoms with E-state index in [1.54, 1.807) is 30.3 Å². The molecule has 5 heteroatoms. The van der Waals surface area contributed by atoms with Gasteiger partial charge in [-0.25, -0.2) is 4.79 Å². The van der Waals surface area contributed by atoms with Crippen LogP contribution in [0.25, 0.3) is 10.8 Å². The number of aliphatic hydroxyl groups is 1. The first-order chi connectivity index (χ1) is 13.1. The molecule has 0 aliphatic rings. The van der Waals surface area contributed by atoms with Gasteiger partial charge in [0.25, 0.3) is 5.91 Å². The maximum Gasteiger partial charge on any atom is 0.340 e. The Morgan fingerprint density at radius 2 is 1.63 bits per heavy atom. The van der Waals surface area contributed by atoms with Crippen LogP contribution in [-0.4, -0.2) is 23.6 Å². The zero-order valence-corrected chi connectivity index (χ0v) is 15.0. The Kier molecular flexibility index (Phi) is 5.84. The van der Waals surface area contributed by atoms with E-state index in [2.05, 4.69) is 5.32 Å². The normalized spacial score (nSPS) is 13.0. The number of hydrogen-bond acceptors (Lipinski definition) is 4. The average molecular weight is 363 g/mol. The number of ether oxygens (including phenoxy) is 1. The molecular formula is C22H21NO4. The molecule has 1 amide bonds. The van der Waals surface area contributed by atoms with Crippen molar-refractivity contribution in [1.29, 1.82) is 0 Å². The van der Waals surface area contributed by atoms with Gasteiger partial charge in [0, 0.05) is 0 Å². The van der Waals surface area contributed by atoms with Crippen LogP contribution in [0.15, 0.2) is 72.8 Å². The van der Waals surface area contributed by atoms with Crippen molar-refractivity contribution in [3.05, 3.63) is 83.9 Å². The number of carbonyl (C=O) groups is 2. The predicted molar refractivity (Wildman–Crippen MR) is 103 cm³/mol. The largest absolute Gasteiger partial charge is 0.453 e. The van der Waals surface area contributed by atoms with Gasteiger partial charge in [-0.1, -0.05) is 72.8 Å². The topological polar surface area (TPSA) is 75.6 Å². The maximum atomic E-state index is 12.2. The predicted octanol–water partition coefficient (Wildman–Crippen LogP) is 3.29. The molecule has 138 valence electrons. The number of amides is 1. The third-order valence-corrected chi connectivity index (χ3v) is 4.35. The second-order valence-electron chi connectivity index (χ2n) is 6.28. The van der Waals surface area contributed by atoms with E-state index in [9.17, 15) is 14.7 Å². The highest BCUT2D eigenvalue weighted by atomic mass is 16.5. The first kappa shape index (κ1) is 18.6. The number of carbonyl (C=O) groups excluding carboxylic acids is 2. The zero-order chi connectivity index (χ0) is 19.2. The van der Waals surface area contributed by atoms with Crippen molar-refractivity contribution in [3.8, 4) is 0 Å². The van der Waals surface area contributed by atoms with E-state index in [1.807, 2.05) is 49.4 Å². The molecule has 0 aliphatic carbocycles. The van der Waals surface area contributed by atoms with Crippen molar-refractivity contribution in [2.24, 2.45) is 0 Å². The highest BCUT2D eigenvalue weighted by Gasteiger charge is 2.20. The number of nitrogens with one attached hydrogen (secondary N) is 1. The number of hydrogen-bond donors (Lipinski definition) is 2. The molecule has 3 aromatic carbocycles. The molecule has 0 heterocycles. The first-order valence-electron chi connectivity index (χ1n) is 8.73. The molecule has 0 aliphatic heterocycles. The average Bonchev–Trinajstić information content (AvgIpc) is 2.71. The van der Waals surface area contributed by atoms with Crippen LogP contribution in [-0.2, 0) is 14.3 Å². The van der Waals surface area contributed by atoms with Gasteiger partial charge in [0.05, 0.1) is 6.04 Å². The lowest BCUT2D eigenvalue weighted by Gasteiger charge is -2.17. The van der Waals surface area contributed by atoms with E-state index in [1.165, 1.54) is 0 Å². The Balaban J connectivity index is 1.58. The van der Waals surface area contributed by atoms with Crippen LogP contribution in [0.5, 0.6) is 0 Å². The lowest BCUT2D eigenvalue weighted by Crippen LogP contribution is -2.32. The molecule has 0 spiro atoms. The Morgan fingerprint density at radius 3 is 2.41 bits per heavy atom. The molecule has 0 fully saturated rings. The van der Waals surface area contributed by atoms with Gasteiger partial charge in [0.15, 0.2) is 12.7 Å². The highest BCUT2D eigenvalue weighted by Crippen LogP contribution is 2.24. The van der Waals surface area contributed by atoms with Crippen LogP contribution >= 0.6 is 0 Å². The monoisotopic (exact) mass is 363 g/mol. The summed E-state index contributed by atoms with van der Waals surface area (Å²) in [6.07, 6.45) is -1.41. The molecule has 2 atom stereocenters. The van der Waals surface area contributed by atoms with Crippen molar-refractivity contribution in [3.63, 3.8) is 0 Å². The molecule has 3 rings (SSSR count). The van der Waals surface area contributed by atoms with E-state index in [0.717, 1.165) is 16.3 Å². The summed E-state index contributed by atoms with van der Waals surface area (Å²) >= 11 is 0. The van der Waals surface area contributed by atoms with Crippen LogP contribution in [0.4, 0.5) is 0 Å². The SMILES string of the molecule is C[C@H](NC(=O)COC(=O)[C@@H](O)c1ccccc1)c1cccc2ccccc12. The summed E-state index contributed by atoms with van der Waals surface area (Å²) in [5.41, 5.74) is 1.41. The summed E-state index contributed by atoms with van der Waals surface area (Å²) in [5.74, 6) is -1.28. The minimum Gasteiger partial charge on any atom is -0.453 e. The summed E-state index contributed by atoms with van der Waals surface area (Å²) < 4.78 is 4.94. The fourth-order valence-electron chi connectivity index (χ4n) is 2.98. The summed E-state index contributed by atoms with van der Waals surface area (Å²) in [5, 5.41) is 14.9. The number of rotatable bonds is 6. The van der Waals surface area contributed by atoms with Crippen molar-refractivity contribution < 1.29 is 19.4 Å². The van der Waals surface area contributed by atoms with Gasteiger partial charge in [0.1, 0.15) is 0 Å². The molecule has 3 aromatic rings. The minimum absolute atomic E-state index is 0.249. The van der Waals surface area contributed by atoms with Crippen molar-refractivity contribution in [2.45, 2.75) is 19.1 Å². The Morgan fingerprint density at radius 1 is 0.963 bits per heavy atom. The van der Waals surface area contributed by atoms with Crippen LogP contribution in [0.2, 0.25) is 0 Å². The molecule has 0 bridgehead atoms. The van der Waals surface area contributed by atoms with Gasteiger partial charge >= 0.3 is 5.97 Å². The van der Waals surface area contributed by atoms with Crippen LogP contribution in [0.1, 0.15) is 30.2 Å². The summed E-state index contributed by atoms with van der Waals surface area (Å²) in [6.45, 7) is 1.43. The zero-order valence-electron chi connectivity index (χ0n) is 15.0. The molecule has 0 saturated heterocycles. The van der Waals surface area contributed by atoms with Crippen molar-refractivity contribution in [1.82, 2.24) is 5.32 Å². The molecular weight excluding hydrogens is 342 g/mol. The Labute approximate surface area is 157 Å². The van der Waals surface area contributed by atoms with Gasteiger partial charge in [-0.2, -0.15) is 0 Å². The minimum atomic E-state index is -1.41. The molecule has 0 aromatic heterocycles. The van der Waals surface area contributed by atoms with Crippen molar-refractivity contribution >= 4 is 22.6 Å². The van der Waals surface area contributed by atoms with Gasteiger partial charge in [-0.05, 0) is 28.8 Å². The van der Waals surface area contributed by atoms with E-state index < -0.39 is 24.6 Å². The third kappa shape index (κ3) is 4.51. The number of benzene rings is 3. The van der Waals surface area contributed by atoms with Crippen LogP contribution in [0, 0.1) is 0 Å². The van der Waals surface area contributed by atoms with Crippen LogP contribution < -0.4 is 5.32 Å². The Bertz CT molecular complexity index is 934. The maximum absolute atomic E-state index is 12.2. The van der Waals surface area contributed by atoms with Gasteiger partial charge < -0.3 is 15.2 Å². The quantitative estimate of drug-likeness (QED) is 0.659. The lowest BCUT2D eigenvalue weighted by molar-refractivity contribution is -0.157. The summed E-state index contributed by atoms with van der Waals surface area (Å²) in [6, 6.07) is 22.0. The molecule has 2 N–H and O–H groups in total. The van der Waals surface area contributed by atoms with Gasteiger partial charge in [-0.15, -0.1) is 0 Å². The van der Waals surface area contributed by atoms with Gasteiger partial charge in [0.2, 0.25) is 0 Å². The molecule has 0 unspecified atom stereocenters. The second-order valence-corrected chi connectivity index (χ2v) is 6.28.